The number of carbonyl (C=O) groups is 1. The maximum absolute atomic E-state index is 13.4. The lowest BCUT2D eigenvalue weighted by atomic mass is 9.89. The summed E-state index contributed by atoms with van der Waals surface area (Å²) < 4.78 is 36.6. The van der Waals surface area contributed by atoms with E-state index in [1.165, 1.54) is 32.1 Å². The monoisotopic (exact) mass is 563 g/mol. The molecule has 0 bridgehead atoms. The fourth-order valence-corrected chi connectivity index (χ4v) is 7.67. The van der Waals surface area contributed by atoms with Gasteiger partial charge in [-0.3, -0.25) is 4.79 Å². The Hall–Kier alpha value is -1.87. The van der Waals surface area contributed by atoms with Crippen molar-refractivity contribution >= 4 is 27.5 Å². The van der Waals surface area contributed by atoms with Gasteiger partial charge in [-0.05, 0) is 83.9 Å². The van der Waals surface area contributed by atoms with Crippen LogP contribution in [-0.4, -0.2) is 43.7 Å². The third-order valence-corrected chi connectivity index (χ3v) is 10.1. The predicted molar refractivity (Wildman–Crippen MR) is 152 cm³/mol. The Kier molecular flexibility index (Phi) is 8.97. The van der Waals surface area contributed by atoms with Crippen LogP contribution in [0.5, 0.6) is 0 Å². The predicted octanol–water partition coefficient (Wildman–Crippen LogP) is 5.99. The topological polar surface area (TPSA) is 89.4 Å². The molecule has 9 heteroatoms. The Bertz CT molecular complexity index is 1270. The highest BCUT2D eigenvalue weighted by Crippen LogP contribution is 2.38. The molecule has 0 spiro atoms. The molecule has 2 N–H and O–H groups in total. The van der Waals surface area contributed by atoms with E-state index in [0.717, 1.165) is 36.3 Å². The second-order valence-corrected chi connectivity index (χ2v) is 13.9. The van der Waals surface area contributed by atoms with Crippen LogP contribution in [0.25, 0.3) is 11.3 Å². The Balaban J connectivity index is 1.74. The number of benzene rings is 1. The molecule has 2 heterocycles. The standard InChI is InChI=1S/C29H42ClN3O4S/c1-19-26(38(35,36)32-29(3,4)5)12-11-23(27(19)30)25-17-24(28(34)31-22-13-15-37-16-14-22)20(2)33(25)18-21-9-7-6-8-10-21/h11-12,17,21-22,32H,6-10,13-16,18H2,1-5H3,(H,31,34). The number of sulfonamides is 1. The van der Waals surface area contributed by atoms with Gasteiger partial charge in [-0.2, -0.15) is 0 Å². The molecule has 0 radical (unpaired) electrons. The zero-order valence-electron chi connectivity index (χ0n) is 23.3. The van der Waals surface area contributed by atoms with Crippen LogP contribution >= 0.6 is 11.6 Å². The fraction of sp³-hybridized carbons (Fsp3) is 0.621. The van der Waals surface area contributed by atoms with Gasteiger partial charge in [-0.15, -0.1) is 0 Å². The molecule has 7 nitrogen and oxygen atoms in total. The van der Waals surface area contributed by atoms with Gasteiger partial charge in [0, 0.05) is 42.6 Å². The first-order valence-corrected chi connectivity index (χ1v) is 15.7. The summed E-state index contributed by atoms with van der Waals surface area (Å²) in [5.74, 6) is 0.454. The summed E-state index contributed by atoms with van der Waals surface area (Å²) in [5.41, 5.74) is 3.03. The lowest BCUT2D eigenvalue weighted by Crippen LogP contribution is -2.40. The molecule has 210 valence electrons. The van der Waals surface area contributed by atoms with Gasteiger partial charge < -0.3 is 14.6 Å². The van der Waals surface area contributed by atoms with Crippen LogP contribution in [-0.2, 0) is 21.3 Å². The summed E-state index contributed by atoms with van der Waals surface area (Å²) in [7, 11) is -3.75. The first kappa shape index (κ1) is 29.1. The third-order valence-electron chi connectivity index (χ3n) is 7.68. The number of amides is 1. The highest BCUT2D eigenvalue weighted by molar-refractivity contribution is 7.89. The van der Waals surface area contributed by atoms with Gasteiger partial charge in [0.05, 0.1) is 21.2 Å². The Morgan fingerprint density at radius 2 is 1.74 bits per heavy atom. The van der Waals surface area contributed by atoms with Crippen molar-refractivity contribution in [3.8, 4) is 11.3 Å². The number of carbonyl (C=O) groups excluding carboxylic acids is 1. The van der Waals surface area contributed by atoms with Gasteiger partial charge in [0.15, 0.2) is 0 Å². The number of hydrogen-bond donors (Lipinski definition) is 2. The average molecular weight is 564 g/mol. The maximum atomic E-state index is 13.4. The molecule has 0 atom stereocenters. The molecule has 1 saturated carbocycles. The minimum atomic E-state index is -3.75. The highest BCUT2D eigenvalue weighted by atomic mass is 35.5. The van der Waals surface area contributed by atoms with Crippen LogP contribution in [0.1, 0.15) is 87.3 Å². The molecular formula is C29H42ClN3O4S. The molecule has 1 aliphatic carbocycles. The summed E-state index contributed by atoms with van der Waals surface area (Å²) in [6, 6.07) is 5.43. The van der Waals surface area contributed by atoms with Crippen molar-refractivity contribution in [1.29, 1.82) is 0 Å². The van der Waals surface area contributed by atoms with Crippen molar-refractivity contribution in [2.45, 2.75) is 103 Å². The van der Waals surface area contributed by atoms with Gasteiger partial charge >= 0.3 is 0 Å². The van der Waals surface area contributed by atoms with Gasteiger partial charge in [0.2, 0.25) is 10.0 Å². The fourth-order valence-electron chi connectivity index (χ4n) is 5.68. The molecule has 1 aromatic heterocycles. The Morgan fingerprint density at radius 3 is 2.37 bits per heavy atom. The van der Waals surface area contributed by atoms with Gasteiger partial charge in [-0.1, -0.05) is 36.9 Å². The Morgan fingerprint density at radius 1 is 1.08 bits per heavy atom. The van der Waals surface area contributed by atoms with Crippen LogP contribution in [0, 0.1) is 19.8 Å². The SMILES string of the molecule is Cc1c(S(=O)(=O)NC(C)(C)C)ccc(-c2cc(C(=O)NC3CCOCC3)c(C)n2CC2CCCCC2)c1Cl. The van der Waals surface area contributed by atoms with E-state index in [0.29, 0.717) is 35.3 Å². The molecule has 1 amide bonds. The largest absolute Gasteiger partial charge is 0.381 e. The summed E-state index contributed by atoms with van der Waals surface area (Å²) in [6.45, 7) is 11.3. The van der Waals surface area contributed by atoms with Crippen LogP contribution in [0.3, 0.4) is 0 Å². The smallest absolute Gasteiger partial charge is 0.253 e. The summed E-state index contributed by atoms with van der Waals surface area (Å²) in [5, 5.41) is 3.58. The molecule has 1 aromatic carbocycles. The van der Waals surface area contributed by atoms with Gasteiger partial charge in [-0.25, -0.2) is 13.1 Å². The van der Waals surface area contributed by atoms with E-state index in [1.54, 1.807) is 19.1 Å². The van der Waals surface area contributed by atoms with Crippen LogP contribution in [0.15, 0.2) is 23.1 Å². The van der Waals surface area contributed by atoms with Crippen molar-refractivity contribution in [2.24, 2.45) is 5.92 Å². The molecule has 2 aliphatic rings. The molecular weight excluding hydrogens is 522 g/mol. The van der Waals surface area contributed by atoms with E-state index in [9.17, 15) is 13.2 Å². The number of halogens is 1. The van der Waals surface area contributed by atoms with Crippen LogP contribution in [0.4, 0.5) is 0 Å². The van der Waals surface area contributed by atoms with Crippen LogP contribution < -0.4 is 10.0 Å². The maximum Gasteiger partial charge on any atom is 0.253 e. The molecule has 4 rings (SSSR count). The lowest BCUT2D eigenvalue weighted by molar-refractivity contribution is 0.0696. The average Bonchev–Trinajstić information content (AvgIpc) is 3.16. The van der Waals surface area contributed by atoms with E-state index >= 15 is 0 Å². The van der Waals surface area contributed by atoms with E-state index in [4.69, 9.17) is 16.3 Å². The molecule has 1 aliphatic heterocycles. The van der Waals surface area contributed by atoms with Crippen LogP contribution in [0.2, 0.25) is 5.02 Å². The molecule has 1 saturated heterocycles. The highest BCUT2D eigenvalue weighted by Gasteiger charge is 2.28. The van der Waals surface area contributed by atoms with Crippen molar-refractivity contribution in [1.82, 2.24) is 14.6 Å². The number of ether oxygens (including phenoxy) is 1. The van der Waals surface area contributed by atoms with Gasteiger partial charge in [0.1, 0.15) is 0 Å². The summed E-state index contributed by atoms with van der Waals surface area (Å²) in [4.78, 5) is 13.6. The van der Waals surface area contributed by atoms with E-state index < -0.39 is 15.6 Å². The number of nitrogens with zero attached hydrogens (tertiary/aromatic N) is 1. The lowest BCUT2D eigenvalue weighted by Gasteiger charge is -2.25. The summed E-state index contributed by atoms with van der Waals surface area (Å²) in [6.07, 6.45) is 7.69. The quantitative estimate of drug-likeness (QED) is 0.433. The molecule has 38 heavy (non-hydrogen) atoms. The zero-order valence-corrected chi connectivity index (χ0v) is 24.9. The molecule has 0 unspecified atom stereocenters. The van der Waals surface area contributed by atoms with Gasteiger partial charge in [0.25, 0.3) is 5.91 Å². The minimum absolute atomic E-state index is 0.0838. The van der Waals surface area contributed by atoms with Crippen molar-refractivity contribution < 1.29 is 17.9 Å². The minimum Gasteiger partial charge on any atom is -0.381 e. The van der Waals surface area contributed by atoms with Crippen molar-refractivity contribution in [3.05, 3.63) is 40.0 Å². The molecule has 2 aromatic rings. The van der Waals surface area contributed by atoms with E-state index in [-0.39, 0.29) is 16.8 Å². The van der Waals surface area contributed by atoms with Crippen molar-refractivity contribution in [2.75, 3.05) is 13.2 Å². The number of nitrogens with one attached hydrogen (secondary N) is 2. The number of rotatable bonds is 7. The second-order valence-electron chi connectivity index (χ2n) is 11.9. The normalized spacial score (nSPS) is 18.1. The number of hydrogen-bond acceptors (Lipinski definition) is 4. The first-order valence-electron chi connectivity index (χ1n) is 13.8. The summed E-state index contributed by atoms with van der Waals surface area (Å²) >= 11 is 6.90. The molecule has 2 fully saturated rings. The zero-order chi connectivity index (χ0) is 27.7. The second kappa shape index (κ2) is 11.7. The van der Waals surface area contributed by atoms with E-state index in [2.05, 4.69) is 14.6 Å². The van der Waals surface area contributed by atoms with E-state index in [1.807, 2.05) is 33.8 Å². The third kappa shape index (κ3) is 6.64. The number of aromatic nitrogens is 1. The Labute approximate surface area is 232 Å². The van der Waals surface area contributed by atoms with Crippen molar-refractivity contribution in [3.63, 3.8) is 0 Å². The first-order chi connectivity index (χ1) is 17.9.